The summed E-state index contributed by atoms with van der Waals surface area (Å²) in [6.07, 6.45) is 0.980. The van der Waals surface area contributed by atoms with Crippen LogP contribution in [0.15, 0.2) is 16.6 Å². The fraction of sp³-hybridized carbons (Fsp3) is 0.300. The van der Waals surface area contributed by atoms with E-state index >= 15 is 0 Å². The molecule has 5 heteroatoms. The Morgan fingerprint density at radius 1 is 1.53 bits per heavy atom. The van der Waals surface area contributed by atoms with Gasteiger partial charge in [-0.2, -0.15) is 0 Å². The minimum absolute atomic E-state index is 0.574. The summed E-state index contributed by atoms with van der Waals surface area (Å²) >= 11 is 4.91. The van der Waals surface area contributed by atoms with E-state index in [0.717, 1.165) is 26.9 Å². The first kappa shape index (κ1) is 10.7. The smallest absolute Gasteiger partial charge is 0.181 e. The fourth-order valence-corrected chi connectivity index (χ4v) is 2.69. The molecule has 0 aliphatic carbocycles. The Balaban J connectivity index is 2.50. The van der Waals surface area contributed by atoms with Gasteiger partial charge in [-0.25, -0.2) is 4.98 Å². The molecule has 0 saturated carbocycles. The van der Waals surface area contributed by atoms with Crippen LogP contribution >= 0.6 is 27.3 Å². The van der Waals surface area contributed by atoms with Crippen LogP contribution < -0.4 is 10.5 Å². The predicted molar refractivity (Wildman–Crippen MR) is 67.5 cm³/mol. The summed E-state index contributed by atoms with van der Waals surface area (Å²) in [5.74, 6) is 0.800. The first-order valence-corrected chi connectivity index (χ1v) is 6.30. The van der Waals surface area contributed by atoms with Gasteiger partial charge in [0.05, 0.1) is 11.3 Å². The van der Waals surface area contributed by atoms with Crippen LogP contribution in [-0.4, -0.2) is 11.6 Å². The molecule has 15 heavy (non-hydrogen) atoms. The summed E-state index contributed by atoms with van der Waals surface area (Å²) in [5, 5.41) is 0.574. The number of nitrogens with zero attached hydrogens (tertiary/aromatic N) is 1. The number of hydrogen-bond donors (Lipinski definition) is 1. The van der Waals surface area contributed by atoms with Crippen LogP contribution in [0, 0.1) is 0 Å². The van der Waals surface area contributed by atoms with E-state index in [0.29, 0.717) is 11.7 Å². The van der Waals surface area contributed by atoms with Crippen molar-refractivity contribution in [3.63, 3.8) is 0 Å². The zero-order chi connectivity index (χ0) is 10.8. The van der Waals surface area contributed by atoms with Crippen molar-refractivity contribution in [1.82, 2.24) is 4.98 Å². The van der Waals surface area contributed by atoms with E-state index in [-0.39, 0.29) is 0 Å². The second-order valence-corrected chi connectivity index (χ2v) is 5.13. The molecule has 0 fully saturated rings. The standard InChI is InChI=1S/C10H11BrN2OS/c1-2-3-14-7-4-6(11)5-8-9(7)13-10(12)15-8/h4-5H,2-3H2,1H3,(H2,12,13). The van der Waals surface area contributed by atoms with E-state index in [2.05, 4.69) is 27.8 Å². The third kappa shape index (κ3) is 2.23. The van der Waals surface area contributed by atoms with Crippen molar-refractivity contribution in [2.24, 2.45) is 0 Å². The van der Waals surface area contributed by atoms with Crippen molar-refractivity contribution < 1.29 is 4.74 Å². The lowest BCUT2D eigenvalue weighted by Gasteiger charge is -2.05. The van der Waals surface area contributed by atoms with Gasteiger partial charge in [-0.1, -0.05) is 34.2 Å². The highest BCUT2D eigenvalue weighted by atomic mass is 79.9. The number of hydrogen-bond acceptors (Lipinski definition) is 4. The van der Waals surface area contributed by atoms with Crippen molar-refractivity contribution in [2.75, 3.05) is 12.3 Å². The number of fused-ring (bicyclic) bond motifs is 1. The molecule has 0 atom stereocenters. The Labute approximate surface area is 100 Å². The second kappa shape index (κ2) is 4.37. The number of nitrogen functional groups attached to an aromatic ring is 1. The Morgan fingerprint density at radius 3 is 3.07 bits per heavy atom. The summed E-state index contributed by atoms with van der Waals surface area (Å²) in [5.41, 5.74) is 6.53. The molecule has 0 aliphatic rings. The highest BCUT2D eigenvalue weighted by Crippen LogP contribution is 2.34. The van der Waals surface area contributed by atoms with Gasteiger partial charge in [0.1, 0.15) is 11.3 Å². The van der Waals surface area contributed by atoms with Gasteiger partial charge in [0, 0.05) is 4.47 Å². The maximum absolute atomic E-state index is 5.67. The molecular weight excluding hydrogens is 276 g/mol. The summed E-state index contributed by atoms with van der Waals surface area (Å²) < 4.78 is 7.66. The predicted octanol–water partition coefficient (Wildman–Crippen LogP) is 3.43. The van der Waals surface area contributed by atoms with Crippen LogP contribution in [0.5, 0.6) is 5.75 Å². The summed E-state index contributed by atoms with van der Waals surface area (Å²) in [6.45, 7) is 2.77. The zero-order valence-corrected chi connectivity index (χ0v) is 10.7. The molecule has 0 saturated heterocycles. The maximum Gasteiger partial charge on any atom is 0.181 e. The van der Waals surface area contributed by atoms with Crippen LogP contribution in [0.1, 0.15) is 13.3 Å². The van der Waals surface area contributed by atoms with Crippen LogP contribution in [0.2, 0.25) is 0 Å². The molecule has 0 unspecified atom stereocenters. The molecule has 0 spiro atoms. The molecule has 80 valence electrons. The van der Waals surface area contributed by atoms with Crippen LogP contribution in [0.3, 0.4) is 0 Å². The van der Waals surface area contributed by atoms with Gasteiger partial charge in [0.15, 0.2) is 5.13 Å². The van der Waals surface area contributed by atoms with Gasteiger partial charge in [0.2, 0.25) is 0 Å². The number of thiazole rings is 1. The molecule has 0 bridgehead atoms. The molecule has 2 aromatic rings. The van der Waals surface area contributed by atoms with Gasteiger partial charge in [-0.15, -0.1) is 0 Å². The third-order valence-electron chi connectivity index (χ3n) is 1.90. The highest BCUT2D eigenvalue weighted by molar-refractivity contribution is 9.10. The van der Waals surface area contributed by atoms with E-state index in [9.17, 15) is 0 Å². The van der Waals surface area contributed by atoms with E-state index in [4.69, 9.17) is 10.5 Å². The van der Waals surface area contributed by atoms with E-state index in [1.807, 2.05) is 12.1 Å². The topological polar surface area (TPSA) is 48.1 Å². The molecule has 1 heterocycles. The normalized spacial score (nSPS) is 10.8. The lowest BCUT2D eigenvalue weighted by atomic mass is 10.3. The van der Waals surface area contributed by atoms with Crippen molar-refractivity contribution >= 4 is 42.6 Å². The summed E-state index contributed by atoms with van der Waals surface area (Å²) in [7, 11) is 0. The van der Waals surface area contributed by atoms with Crippen molar-refractivity contribution in [3.05, 3.63) is 16.6 Å². The van der Waals surface area contributed by atoms with Gasteiger partial charge in [0.25, 0.3) is 0 Å². The van der Waals surface area contributed by atoms with Crippen molar-refractivity contribution in [3.8, 4) is 5.75 Å². The van der Waals surface area contributed by atoms with E-state index < -0.39 is 0 Å². The number of aromatic nitrogens is 1. The Hall–Kier alpha value is -0.810. The number of ether oxygens (including phenoxy) is 1. The molecule has 1 aromatic heterocycles. The lowest BCUT2D eigenvalue weighted by molar-refractivity contribution is 0.320. The minimum Gasteiger partial charge on any atom is -0.491 e. The first-order valence-electron chi connectivity index (χ1n) is 4.69. The highest BCUT2D eigenvalue weighted by Gasteiger charge is 2.09. The van der Waals surface area contributed by atoms with Gasteiger partial charge < -0.3 is 10.5 Å². The average Bonchev–Trinajstić information content (AvgIpc) is 2.54. The van der Waals surface area contributed by atoms with Crippen LogP contribution in [-0.2, 0) is 0 Å². The minimum atomic E-state index is 0.574. The number of halogens is 1. The van der Waals surface area contributed by atoms with Crippen LogP contribution in [0.25, 0.3) is 10.2 Å². The molecule has 1 aromatic carbocycles. The average molecular weight is 287 g/mol. The maximum atomic E-state index is 5.67. The Morgan fingerprint density at radius 2 is 2.33 bits per heavy atom. The quantitative estimate of drug-likeness (QED) is 0.940. The number of rotatable bonds is 3. The lowest BCUT2D eigenvalue weighted by Crippen LogP contribution is -1.95. The molecule has 0 aliphatic heterocycles. The zero-order valence-electron chi connectivity index (χ0n) is 8.29. The molecule has 2 rings (SSSR count). The SMILES string of the molecule is CCCOc1cc(Br)cc2sc(N)nc12. The van der Waals surface area contributed by atoms with Gasteiger partial charge in [-0.3, -0.25) is 0 Å². The molecular formula is C10H11BrN2OS. The Kier molecular flexibility index (Phi) is 3.11. The van der Waals surface area contributed by atoms with Gasteiger partial charge in [-0.05, 0) is 18.6 Å². The molecule has 0 radical (unpaired) electrons. The number of nitrogens with two attached hydrogens (primary N) is 1. The largest absolute Gasteiger partial charge is 0.491 e. The van der Waals surface area contributed by atoms with Crippen LogP contribution in [0.4, 0.5) is 5.13 Å². The second-order valence-electron chi connectivity index (χ2n) is 3.15. The van der Waals surface area contributed by atoms with Gasteiger partial charge >= 0.3 is 0 Å². The van der Waals surface area contributed by atoms with E-state index in [1.54, 1.807) is 0 Å². The summed E-state index contributed by atoms with van der Waals surface area (Å²) in [4.78, 5) is 4.26. The monoisotopic (exact) mass is 286 g/mol. The first-order chi connectivity index (χ1) is 7.20. The summed E-state index contributed by atoms with van der Waals surface area (Å²) in [6, 6.07) is 3.93. The number of anilines is 1. The van der Waals surface area contributed by atoms with E-state index in [1.165, 1.54) is 11.3 Å². The van der Waals surface area contributed by atoms with Crippen molar-refractivity contribution in [2.45, 2.75) is 13.3 Å². The molecule has 0 amide bonds. The molecule has 2 N–H and O–H groups in total. The Bertz CT molecular complexity index is 483. The number of benzene rings is 1. The fourth-order valence-electron chi connectivity index (χ4n) is 1.31. The molecule has 3 nitrogen and oxygen atoms in total. The third-order valence-corrected chi connectivity index (χ3v) is 3.19. The van der Waals surface area contributed by atoms with Crippen molar-refractivity contribution in [1.29, 1.82) is 0 Å².